The summed E-state index contributed by atoms with van der Waals surface area (Å²) in [5.41, 5.74) is 0.557. The van der Waals surface area contributed by atoms with Crippen molar-refractivity contribution in [2.45, 2.75) is 58.3 Å². The fourth-order valence-electron chi connectivity index (χ4n) is 2.14. The highest BCUT2D eigenvalue weighted by Gasteiger charge is 2.00. The lowest BCUT2D eigenvalue weighted by atomic mass is 10.1. The Kier molecular flexibility index (Phi) is 9.25. The molecule has 0 atom stereocenters. The number of benzene rings is 1. The van der Waals surface area contributed by atoms with Crippen molar-refractivity contribution in [3.8, 4) is 5.75 Å². The molecule has 20 heavy (non-hydrogen) atoms. The number of aliphatic imine (C=N–C) groups is 1. The number of rotatable bonds is 11. The summed E-state index contributed by atoms with van der Waals surface area (Å²) in [7, 11) is 0. The van der Waals surface area contributed by atoms with Crippen molar-refractivity contribution in [1.29, 1.82) is 0 Å². The number of isocyanates is 1. The van der Waals surface area contributed by atoms with E-state index in [0.29, 0.717) is 18.0 Å². The molecule has 0 aliphatic carbocycles. The zero-order valence-corrected chi connectivity index (χ0v) is 12.4. The Balaban J connectivity index is 2.11. The van der Waals surface area contributed by atoms with Gasteiger partial charge in [0.15, 0.2) is 0 Å². The molecule has 110 valence electrons. The van der Waals surface area contributed by atoms with Crippen LogP contribution in [0.15, 0.2) is 29.3 Å². The molecule has 0 aliphatic rings. The van der Waals surface area contributed by atoms with Crippen LogP contribution in [-0.2, 0) is 4.79 Å². The maximum atomic E-state index is 10.3. The Morgan fingerprint density at radius 1 is 1.00 bits per heavy atom. The molecule has 1 aromatic carbocycles. The van der Waals surface area contributed by atoms with Gasteiger partial charge in [-0.2, -0.15) is 4.99 Å². The van der Waals surface area contributed by atoms with Gasteiger partial charge < -0.3 is 4.74 Å². The maximum Gasteiger partial charge on any atom is 0.240 e. The summed E-state index contributed by atoms with van der Waals surface area (Å²) in [6.07, 6.45) is 11.8. The van der Waals surface area contributed by atoms with Gasteiger partial charge in [0, 0.05) is 0 Å². The zero-order chi connectivity index (χ0) is 14.5. The van der Waals surface area contributed by atoms with E-state index in [1.807, 2.05) is 18.2 Å². The Morgan fingerprint density at radius 3 is 2.35 bits per heavy atom. The van der Waals surface area contributed by atoms with Gasteiger partial charge in [-0.1, -0.05) is 64.0 Å². The van der Waals surface area contributed by atoms with Gasteiger partial charge in [0.05, 0.1) is 6.61 Å². The molecule has 0 aromatic heterocycles. The van der Waals surface area contributed by atoms with E-state index in [1.54, 1.807) is 12.1 Å². The van der Waals surface area contributed by atoms with Gasteiger partial charge in [-0.15, -0.1) is 0 Å². The molecule has 0 heterocycles. The molecular formula is C17H25NO2. The van der Waals surface area contributed by atoms with Crippen molar-refractivity contribution >= 4 is 11.8 Å². The van der Waals surface area contributed by atoms with Gasteiger partial charge in [-0.05, 0) is 18.6 Å². The number of para-hydroxylation sites is 2. The Labute approximate surface area is 122 Å². The van der Waals surface area contributed by atoms with Crippen LogP contribution in [0.25, 0.3) is 0 Å². The Morgan fingerprint density at radius 2 is 1.65 bits per heavy atom. The summed E-state index contributed by atoms with van der Waals surface area (Å²) in [5.74, 6) is 0.666. The molecule has 0 saturated heterocycles. The van der Waals surface area contributed by atoms with Crippen LogP contribution in [0.1, 0.15) is 58.3 Å². The molecule has 0 fully saturated rings. The van der Waals surface area contributed by atoms with Gasteiger partial charge >= 0.3 is 0 Å². The van der Waals surface area contributed by atoms with Crippen LogP contribution in [0.4, 0.5) is 5.69 Å². The summed E-state index contributed by atoms with van der Waals surface area (Å²) in [4.78, 5) is 13.9. The summed E-state index contributed by atoms with van der Waals surface area (Å²) < 4.78 is 5.66. The molecule has 3 nitrogen and oxygen atoms in total. The first kappa shape index (κ1) is 16.5. The van der Waals surface area contributed by atoms with Gasteiger partial charge in [0.2, 0.25) is 6.08 Å². The minimum Gasteiger partial charge on any atom is -0.491 e. The highest BCUT2D eigenvalue weighted by Crippen LogP contribution is 2.26. The minimum absolute atomic E-state index is 0.557. The molecule has 1 aromatic rings. The van der Waals surface area contributed by atoms with Crippen LogP contribution in [0.2, 0.25) is 0 Å². The van der Waals surface area contributed by atoms with E-state index < -0.39 is 0 Å². The minimum atomic E-state index is 0.557. The second kappa shape index (κ2) is 11.2. The monoisotopic (exact) mass is 275 g/mol. The summed E-state index contributed by atoms with van der Waals surface area (Å²) >= 11 is 0. The van der Waals surface area contributed by atoms with Crippen LogP contribution in [0.3, 0.4) is 0 Å². The first-order chi connectivity index (χ1) is 9.88. The zero-order valence-electron chi connectivity index (χ0n) is 12.4. The summed E-state index contributed by atoms with van der Waals surface area (Å²) in [6, 6.07) is 7.31. The van der Waals surface area contributed by atoms with E-state index in [1.165, 1.54) is 44.9 Å². The summed E-state index contributed by atoms with van der Waals surface area (Å²) in [6.45, 7) is 2.92. The van der Waals surface area contributed by atoms with Crippen LogP contribution in [0.5, 0.6) is 5.75 Å². The van der Waals surface area contributed by atoms with Crippen LogP contribution < -0.4 is 4.74 Å². The average molecular weight is 275 g/mol. The highest BCUT2D eigenvalue weighted by molar-refractivity contribution is 5.57. The van der Waals surface area contributed by atoms with Crippen molar-refractivity contribution in [3.05, 3.63) is 24.3 Å². The smallest absolute Gasteiger partial charge is 0.240 e. The quantitative estimate of drug-likeness (QED) is 0.317. The van der Waals surface area contributed by atoms with Gasteiger partial charge in [-0.25, -0.2) is 4.79 Å². The van der Waals surface area contributed by atoms with Gasteiger partial charge in [0.25, 0.3) is 0 Å². The number of carbonyl (C=O) groups excluding carboxylic acids is 1. The fraction of sp³-hybridized carbons (Fsp3) is 0.588. The Bertz CT molecular complexity index is 411. The topological polar surface area (TPSA) is 38.7 Å². The first-order valence-electron chi connectivity index (χ1n) is 7.68. The lowest BCUT2D eigenvalue weighted by Crippen LogP contribution is -1.97. The molecular weight excluding hydrogens is 250 g/mol. The van der Waals surface area contributed by atoms with Crippen molar-refractivity contribution in [1.82, 2.24) is 0 Å². The number of nitrogens with zero attached hydrogens (tertiary/aromatic N) is 1. The van der Waals surface area contributed by atoms with Crippen molar-refractivity contribution in [2.24, 2.45) is 4.99 Å². The third-order valence-corrected chi connectivity index (χ3v) is 3.29. The van der Waals surface area contributed by atoms with Crippen LogP contribution in [-0.4, -0.2) is 12.7 Å². The van der Waals surface area contributed by atoms with Gasteiger partial charge in [-0.3, -0.25) is 0 Å². The molecule has 1 rings (SSSR count). The predicted molar refractivity (Wildman–Crippen MR) is 82.3 cm³/mol. The third kappa shape index (κ3) is 7.10. The molecule has 0 saturated carbocycles. The van der Waals surface area contributed by atoms with E-state index >= 15 is 0 Å². The maximum absolute atomic E-state index is 10.3. The van der Waals surface area contributed by atoms with Crippen LogP contribution >= 0.6 is 0 Å². The first-order valence-corrected chi connectivity index (χ1v) is 7.68. The number of ether oxygens (including phenoxy) is 1. The SMILES string of the molecule is CCCCCCCCCCOc1ccccc1N=C=O. The lowest BCUT2D eigenvalue weighted by Gasteiger charge is -2.07. The van der Waals surface area contributed by atoms with E-state index in [0.717, 1.165) is 6.42 Å². The molecule has 0 unspecified atom stereocenters. The van der Waals surface area contributed by atoms with E-state index in [4.69, 9.17) is 4.74 Å². The molecule has 0 radical (unpaired) electrons. The van der Waals surface area contributed by atoms with Crippen LogP contribution in [0, 0.1) is 0 Å². The molecule has 0 bridgehead atoms. The third-order valence-electron chi connectivity index (χ3n) is 3.29. The van der Waals surface area contributed by atoms with Crippen molar-refractivity contribution < 1.29 is 9.53 Å². The second-order valence-electron chi connectivity index (χ2n) is 4.99. The van der Waals surface area contributed by atoms with Crippen molar-refractivity contribution in [3.63, 3.8) is 0 Å². The lowest BCUT2D eigenvalue weighted by molar-refractivity contribution is 0.305. The normalized spacial score (nSPS) is 10.1. The number of hydrogen-bond donors (Lipinski definition) is 0. The summed E-state index contributed by atoms with van der Waals surface area (Å²) in [5, 5.41) is 0. The van der Waals surface area contributed by atoms with E-state index in [2.05, 4.69) is 11.9 Å². The molecule has 3 heteroatoms. The molecule has 0 spiro atoms. The highest BCUT2D eigenvalue weighted by atomic mass is 16.5. The van der Waals surface area contributed by atoms with E-state index in [9.17, 15) is 4.79 Å². The standard InChI is InChI=1S/C17H25NO2/c1-2-3-4-5-6-7-8-11-14-20-17-13-10-9-12-16(17)18-15-19/h9-10,12-13H,2-8,11,14H2,1H3. The van der Waals surface area contributed by atoms with Crippen molar-refractivity contribution in [2.75, 3.05) is 6.61 Å². The number of unbranched alkanes of at least 4 members (excludes halogenated alkanes) is 7. The largest absolute Gasteiger partial charge is 0.491 e. The predicted octanol–water partition coefficient (Wildman–Crippen LogP) is 5.17. The van der Waals surface area contributed by atoms with E-state index in [-0.39, 0.29) is 0 Å². The number of hydrogen-bond acceptors (Lipinski definition) is 3. The fourth-order valence-corrected chi connectivity index (χ4v) is 2.14. The van der Waals surface area contributed by atoms with Gasteiger partial charge in [0.1, 0.15) is 11.4 Å². The molecule has 0 amide bonds. The average Bonchev–Trinajstić information content (AvgIpc) is 2.47. The molecule has 0 N–H and O–H groups in total. The molecule has 0 aliphatic heterocycles. The Hall–Kier alpha value is -1.60. The second-order valence-corrected chi connectivity index (χ2v) is 4.99.